The zero-order valence-electron chi connectivity index (χ0n) is 8.68. The number of halogens is 1. The van der Waals surface area contributed by atoms with Crippen LogP contribution in [0.1, 0.15) is 5.56 Å². The topological polar surface area (TPSA) is 27.7 Å². The molecule has 0 radical (unpaired) electrons. The van der Waals surface area contributed by atoms with Crippen molar-refractivity contribution in [2.75, 3.05) is 21.3 Å². The van der Waals surface area contributed by atoms with Crippen LogP contribution < -0.4 is 14.2 Å². The second-order valence-corrected chi connectivity index (χ2v) is 2.75. The predicted octanol–water partition coefficient (Wildman–Crippen LogP) is 2.16. The monoisotopic (exact) mass is 200 g/mol. The minimum absolute atomic E-state index is 0.326. The van der Waals surface area contributed by atoms with Crippen molar-refractivity contribution >= 4 is 0 Å². The fourth-order valence-corrected chi connectivity index (χ4v) is 1.27. The van der Waals surface area contributed by atoms with E-state index in [2.05, 4.69) is 0 Å². The molecule has 0 bridgehead atoms. The van der Waals surface area contributed by atoms with Crippen LogP contribution in [0.2, 0.25) is 0 Å². The van der Waals surface area contributed by atoms with Gasteiger partial charge in [-0.2, -0.15) is 0 Å². The number of hydrogen-bond donors (Lipinski definition) is 0. The van der Waals surface area contributed by atoms with Crippen LogP contribution in [0.25, 0.3) is 0 Å². The lowest BCUT2D eigenvalue weighted by atomic mass is 10.2. The van der Waals surface area contributed by atoms with E-state index in [1.165, 1.54) is 27.4 Å². The normalized spacial score (nSPS) is 9.79. The Morgan fingerprint density at radius 3 is 2.00 bits per heavy atom. The summed E-state index contributed by atoms with van der Waals surface area (Å²) in [6.07, 6.45) is 0. The highest BCUT2D eigenvalue weighted by atomic mass is 19.1. The smallest absolute Gasteiger partial charge is 0.203 e. The largest absolute Gasteiger partial charge is 0.493 e. The van der Waals surface area contributed by atoms with Crippen molar-refractivity contribution in [1.82, 2.24) is 0 Å². The first-order valence-corrected chi connectivity index (χ1v) is 4.10. The zero-order chi connectivity index (χ0) is 10.7. The highest BCUT2D eigenvalue weighted by Crippen LogP contribution is 2.40. The molecule has 3 nitrogen and oxygen atoms in total. The summed E-state index contributed by atoms with van der Waals surface area (Å²) >= 11 is 0. The van der Waals surface area contributed by atoms with Crippen molar-refractivity contribution in [3.05, 3.63) is 17.4 Å². The molecule has 1 rings (SSSR count). The van der Waals surface area contributed by atoms with E-state index in [-0.39, 0.29) is 5.82 Å². The molecule has 0 amide bonds. The minimum Gasteiger partial charge on any atom is -0.493 e. The number of ether oxygens (including phenoxy) is 3. The summed E-state index contributed by atoms with van der Waals surface area (Å²) in [5.41, 5.74) is 0.408. The van der Waals surface area contributed by atoms with Gasteiger partial charge in [-0.3, -0.25) is 0 Å². The lowest BCUT2D eigenvalue weighted by molar-refractivity contribution is 0.319. The molecule has 0 atom stereocenters. The summed E-state index contributed by atoms with van der Waals surface area (Å²) in [5, 5.41) is 0. The number of methoxy groups -OCH3 is 3. The molecular weight excluding hydrogens is 187 g/mol. The number of hydrogen-bond acceptors (Lipinski definition) is 3. The molecule has 0 aromatic heterocycles. The first-order valence-electron chi connectivity index (χ1n) is 4.10. The Morgan fingerprint density at radius 1 is 1.00 bits per heavy atom. The van der Waals surface area contributed by atoms with E-state index < -0.39 is 0 Å². The van der Waals surface area contributed by atoms with Crippen LogP contribution in [-0.4, -0.2) is 21.3 Å². The molecule has 0 aliphatic heterocycles. The highest BCUT2D eigenvalue weighted by molar-refractivity contribution is 5.55. The molecular formula is C10H13FO3. The minimum atomic E-state index is -0.375. The fourth-order valence-electron chi connectivity index (χ4n) is 1.27. The molecule has 4 heteroatoms. The first kappa shape index (κ1) is 10.6. The van der Waals surface area contributed by atoms with Crippen LogP contribution in [0.5, 0.6) is 17.2 Å². The molecule has 0 heterocycles. The third-order valence-corrected chi connectivity index (χ3v) is 2.01. The lowest BCUT2D eigenvalue weighted by Crippen LogP contribution is -1.98. The standard InChI is InChI=1S/C10H13FO3/c1-6-7(11)5-8(12-2)10(14-4)9(6)13-3/h5H,1-4H3. The molecule has 0 saturated carbocycles. The van der Waals surface area contributed by atoms with Gasteiger partial charge >= 0.3 is 0 Å². The summed E-state index contributed by atoms with van der Waals surface area (Å²) in [6, 6.07) is 1.27. The molecule has 0 N–H and O–H groups in total. The van der Waals surface area contributed by atoms with Crippen molar-refractivity contribution in [2.45, 2.75) is 6.92 Å². The van der Waals surface area contributed by atoms with Crippen LogP contribution >= 0.6 is 0 Å². The average Bonchev–Trinajstić information content (AvgIpc) is 2.20. The molecule has 0 fully saturated rings. The third-order valence-electron chi connectivity index (χ3n) is 2.01. The highest BCUT2D eigenvalue weighted by Gasteiger charge is 2.17. The first-order chi connectivity index (χ1) is 6.65. The van der Waals surface area contributed by atoms with E-state index >= 15 is 0 Å². The number of benzene rings is 1. The Balaban J connectivity index is 3.42. The second kappa shape index (κ2) is 4.17. The molecule has 0 spiro atoms. The van der Waals surface area contributed by atoms with E-state index in [9.17, 15) is 4.39 Å². The van der Waals surface area contributed by atoms with Crippen LogP contribution in [0.15, 0.2) is 6.07 Å². The van der Waals surface area contributed by atoms with Gasteiger partial charge in [0.1, 0.15) is 5.82 Å². The molecule has 0 aliphatic carbocycles. The van der Waals surface area contributed by atoms with E-state index in [1.54, 1.807) is 6.92 Å². The Kier molecular flexibility index (Phi) is 3.17. The number of rotatable bonds is 3. The molecule has 0 unspecified atom stereocenters. The van der Waals surface area contributed by atoms with Gasteiger partial charge in [0, 0.05) is 11.6 Å². The van der Waals surface area contributed by atoms with Gasteiger partial charge in [-0.25, -0.2) is 4.39 Å². The van der Waals surface area contributed by atoms with Crippen molar-refractivity contribution in [3.63, 3.8) is 0 Å². The van der Waals surface area contributed by atoms with Crippen LogP contribution in [0.3, 0.4) is 0 Å². The molecule has 78 valence electrons. The van der Waals surface area contributed by atoms with E-state index in [0.717, 1.165) is 0 Å². The summed E-state index contributed by atoms with van der Waals surface area (Å²) in [4.78, 5) is 0. The third kappa shape index (κ3) is 1.60. The summed E-state index contributed by atoms with van der Waals surface area (Å²) in [7, 11) is 4.40. The van der Waals surface area contributed by atoms with Gasteiger partial charge in [0.05, 0.1) is 21.3 Å². The SMILES string of the molecule is COc1cc(F)c(C)c(OC)c1OC. The quantitative estimate of drug-likeness (QED) is 0.748. The average molecular weight is 200 g/mol. The van der Waals surface area contributed by atoms with Gasteiger partial charge in [-0.05, 0) is 6.92 Å². The molecule has 14 heavy (non-hydrogen) atoms. The Hall–Kier alpha value is -1.45. The maximum absolute atomic E-state index is 13.3. The molecule has 0 saturated heterocycles. The van der Waals surface area contributed by atoms with Gasteiger partial charge in [0.15, 0.2) is 11.5 Å². The fraction of sp³-hybridized carbons (Fsp3) is 0.400. The summed E-state index contributed by atoms with van der Waals surface area (Å²) in [6.45, 7) is 1.62. The molecule has 1 aromatic carbocycles. The second-order valence-electron chi connectivity index (χ2n) is 2.75. The summed E-state index contributed by atoms with van der Waals surface area (Å²) in [5.74, 6) is 0.727. The molecule has 1 aromatic rings. The Morgan fingerprint density at radius 2 is 1.57 bits per heavy atom. The van der Waals surface area contributed by atoms with Gasteiger partial charge in [-0.1, -0.05) is 0 Å². The van der Waals surface area contributed by atoms with Crippen molar-refractivity contribution in [1.29, 1.82) is 0 Å². The molecule has 0 aliphatic rings. The predicted molar refractivity (Wildman–Crippen MR) is 50.8 cm³/mol. The van der Waals surface area contributed by atoms with Crippen LogP contribution in [0.4, 0.5) is 4.39 Å². The van der Waals surface area contributed by atoms with Crippen LogP contribution in [0, 0.1) is 12.7 Å². The van der Waals surface area contributed by atoms with E-state index in [4.69, 9.17) is 14.2 Å². The van der Waals surface area contributed by atoms with E-state index in [1.807, 2.05) is 0 Å². The maximum atomic E-state index is 13.3. The Labute approximate surface area is 82.4 Å². The summed E-state index contributed by atoms with van der Waals surface area (Å²) < 4.78 is 28.4. The van der Waals surface area contributed by atoms with Gasteiger partial charge in [0.2, 0.25) is 5.75 Å². The Bertz CT molecular complexity index is 337. The van der Waals surface area contributed by atoms with Crippen molar-refractivity contribution < 1.29 is 18.6 Å². The van der Waals surface area contributed by atoms with Gasteiger partial charge in [-0.15, -0.1) is 0 Å². The van der Waals surface area contributed by atoms with Gasteiger partial charge < -0.3 is 14.2 Å². The van der Waals surface area contributed by atoms with E-state index in [0.29, 0.717) is 22.8 Å². The zero-order valence-corrected chi connectivity index (χ0v) is 8.68. The van der Waals surface area contributed by atoms with Crippen molar-refractivity contribution in [2.24, 2.45) is 0 Å². The van der Waals surface area contributed by atoms with Crippen molar-refractivity contribution in [3.8, 4) is 17.2 Å². The lowest BCUT2D eigenvalue weighted by Gasteiger charge is -2.14. The van der Waals surface area contributed by atoms with Crippen LogP contribution in [-0.2, 0) is 0 Å². The van der Waals surface area contributed by atoms with Gasteiger partial charge in [0.25, 0.3) is 0 Å². The maximum Gasteiger partial charge on any atom is 0.203 e.